The van der Waals surface area contributed by atoms with E-state index in [1.54, 1.807) is 25.4 Å². The summed E-state index contributed by atoms with van der Waals surface area (Å²) in [4.78, 5) is 22.0. The molecule has 1 N–H and O–H groups in total. The van der Waals surface area contributed by atoms with Crippen LogP contribution in [-0.2, 0) is 4.74 Å². The van der Waals surface area contributed by atoms with E-state index in [0.29, 0.717) is 40.8 Å². The standard InChI is InChI=1S/C30H30N8O5/c1-41-28-18-26-25(17-29(28)43-12-4-9-36-10-13-42-14-11-36)30(32-20-31-26)33-22-6-2-5-21(15-22)27-19-37(35-34-27)23-7-3-8-24(16-23)38(39)40/h2-3,5-8,15-20H,4,9-14H2,1H3,(H,31,32,33). The van der Waals surface area contributed by atoms with E-state index in [4.69, 9.17) is 14.2 Å². The van der Waals surface area contributed by atoms with Crippen LogP contribution >= 0.6 is 0 Å². The summed E-state index contributed by atoms with van der Waals surface area (Å²) in [5.74, 6) is 1.85. The van der Waals surface area contributed by atoms with E-state index in [1.807, 2.05) is 36.4 Å². The van der Waals surface area contributed by atoms with Gasteiger partial charge in [-0.15, -0.1) is 5.10 Å². The maximum Gasteiger partial charge on any atom is 0.271 e. The number of non-ortho nitro benzene ring substituents is 1. The monoisotopic (exact) mass is 582 g/mol. The molecule has 1 aliphatic rings. The Morgan fingerprint density at radius 1 is 1.05 bits per heavy atom. The molecular weight excluding hydrogens is 552 g/mol. The zero-order valence-corrected chi connectivity index (χ0v) is 23.5. The van der Waals surface area contributed by atoms with Gasteiger partial charge in [0.05, 0.1) is 49.3 Å². The predicted octanol–water partition coefficient (Wildman–Crippen LogP) is 4.64. The molecule has 1 fully saturated rings. The third-order valence-electron chi connectivity index (χ3n) is 7.12. The molecule has 13 heteroatoms. The second-order valence-electron chi connectivity index (χ2n) is 9.93. The molecule has 0 bridgehead atoms. The number of rotatable bonds is 11. The largest absolute Gasteiger partial charge is 0.493 e. The first-order valence-electron chi connectivity index (χ1n) is 13.9. The number of hydrogen-bond donors (Lipinski definition) is 1. The number of anilines is 2. The van der Waals surface area contributed by atoms with Gasteiger partial charge in [0.2, 0.25) is 0 Å². The smallest absolute Gasteiger partial charge is 0.271 e. The van der Waals surface area contributed by atoms with Gasteiger partial charge in [-0.05, 0) is 30.7 Å². The number of nitro groups is 1. The third kappa shape index (κ3) is 6.52. The number of aromatic nitrogens is 5. The molecule has 0 atom stereocenters. The molecule has 1 aliphatic heterocycles. The Balaban J connectivity index is 1.20. The second-order valence-corrected chi connectivity index (χ2v) is 9.93. The van der Waals surface area contributed by atoms with Gasteiger partial charge in [0.25, 0.3) is 5.69 Å². The summed E-state index contributed by atoms with van der Waals surface area (Å²) in [6.07, 6.45) is 4.12. The van der Waals surface area contributed by atoms with Crippen LogP contribution in [0, 0.1) is 10.1 Å². The third-order valence-corrected chi connectivity index (χ3v) is 7.12. The number of benzene rings is 3. The van der Waals surface area contributed by atoms with Crippen LogP contribution in [0.3, 0.4) is 0 Å². The minimum absolute atomic E-state index is 0.0167. The van der Waals surface area contributed by atoms with Crippen LogP contribution in [0.4, 0.5) is 17.2 Å². The number of hydrogen-bond acceptors (Lipinski definition) is 11. The van der Waals surface area contributed by atoms with E-state index in [9.17, 15) is 10.1 Å². The Hall–Kier alpha value is -5.14. The van der Waals surface area contributed by atoms with E-state index < -0.39 is 4.92 Å². The van der Waals surface area contributed by atoms with Gasteiger partial charge in [0, 0.05) is 54.5 Å². The van der Waals surface area contributed by atoms with Crippen LogP contribution in [0.1, 0.15) is 6.42 Å². The molecule has 0 aliphatic carbocycles. The number of morpholine rings is 1. The molecule has 3 heterocycles. The fourth-order valence-corrected chi connectivity index (χ4v) is 4.90. The highest BCUT2D eigenvalue weighted by molar-refractivity contribution is 5.93. The average molecular weight is 583 g/mol. The first-order chi connectivity index (χ1) is 21.1. The van der Waals surface area contributed by atoms with E-state index >= 15 is 0 Å². The summed E-state index contributed by atoms with van der Waals surface area (Å²) in [5, 5.41) is 23.8. The van der Waals surface area contributed by atoms with Crippen molar-refractivity contribution in [2.24, 2.45) is 0 Å². The van der Waals surface area contributed by atoms with Crippen LogP contribution in [0.2, 0.25) is 0 Å². The molecule has 3 aromatic carbocycles. The molecule has 13 nitrogen and oxygen atoms in total. The highest BCUT2D eigenvalue weighted by atomic mass is 16.6. The van der Waals surface area contributed by atoms with Crippen molar-refractivity contribution in [1.82, 2.24) is 29.9 Å². The van der Waals surface area contributed by atoms with Crippen molar-refractivity contribution in [2.45, 2.75) is 6.42 Å². The fourth-order valence-electron chi connectivity index (χ4n) is 4.90. The van der Waals surface area contributed by atoms with Crippen molar-refractivity contribution < 1.29 is 19.1 Å². The summed E-state index contributed by atoms with van der Waals surface area (Å²) in [6.45, 7) is 4.95. The normalized spacial score (nSPS) is 13.6. The van der Waals surface area contributed by atoms with Gasteiger partial charge in [0.15, 0.2) is 11.5 Å². The topological polar surface area (TPSA) is 143 Å². The quantitative estimate of drug-likeness (QED) is 0.132. The maximum absolute atomic E-state index is 11.2. The number of fused-ring (bicyclic) bond motifs is 1. The molecule has 0 unspecified atom stereocenters. The first-order valence-corrected chi connectivity index (χ1v) is 13.9. The summed E-state index contributed by atoms with van der Waals surface area (Å²) in [7, 11) is 1.61. The Morgan fingerprint density at radius 2 is 1.91 bits per heavy atom. The van der Waals surface area contributed by atoms with Gasteiger partial charge < -0.3 is 19.5 Å². The number of nitrogens with zero attached hydrogens (tertiary/aromatic N) is 7. The van der Waals surface area contributed by atoms with Crippen molar-refractivity contribution in [3.63, 3.8) is 0 Å². The van der Waals surface area contributed by atoms with Crippen molar-refractivity contribution in [2.75, 3.05) is 51.9 Å². The van der Waals surface area contributed by atoms with Crippen LogP contribution in [0.5, 0.6) is 11.5 Å². The van der Waals surface area contributed by atoms with Crippen molar-refractivity contribution >= 4 is 28.1 Å². The molecule has 0 spiro atoms. The van der Waals surface area contributed by atoms with E-state index in [0.717, 1.165) is 55.9 Å². The zero-order chi connectivity index (χ0) is 29.6. The SMILES string of the molecule is COc1cc2ncnc(Nc3cccc(-c4cn(-c5cccc([N+](=O)[O-])c5)nn4)c3)c2cc1OCCCN1CCOCC1. The van der Waals surface area contributed by atoms with Crippen molar-refractivity contribution in [3.8, 4) is 28.4 Å². The van der Waals surface area contributed by atoms with Crippen LogP contribution in [0.25, 0.3) is 27.8 Å². The summed E-state index contributed by atoms with van der Waals surface area (Å²) in [5.41, 5.74) is 3.45. The molecule has 5 aromatic rings. The number of nitro benzene ring substituents is 1. The highest BCUT2D eigenvalue weighted by Crippen LogP contribution is 2.35. The Morgan fingerprint density at radius 3 is 2.74 bits per heavy atom. The molecule has 2 aromatic heterocycles. The molecule has 1 saturated heterocycles. The Bertz CT molecular complexity index is 1740. The van der Waals surface area contributed by atoms with E-state index in [1.165, 1.54) is 23.1 Å². The minimum atomic E-state index is -0.439. The van der Waals surface area contributed by atoms with E-state index in [-0.39, 0.29) is 5.69 Å². The van der Waals surface area contributed by atoms with Crippen LogP contribution in [-0.4, -0.2) is 81.3 Å². The lowest BCUT2D eigenvalue weighted by Gasteiger charge is -2.26. The van der Waals surface area contributed by atoms with Crippen LogP contribution in [0.15, 0.2) is 73.2 Å². The van der Waals surface area contributed by atoms with E-state index in [2.05, 4.69) is 30.5 Å². The molecule has 43 heavy (non-hydrogen) atoms. The lowest BCUT2D eigenvalue weighted by atomic mass is 10.1. The Kier molecular flexibility index (Phi) is 8.33. The number of methoxy groups -OCH3 is 1. The molecule has 0 radical (unpaired) electrons. The lowest BCUT2D eigenvalue weighted by molar-refractivity contribution is -0.384. The van der Waals surface area contributed by atoms with Gasteiger partial charge in [-0.25, -0.2) is 14.6 Å². The van der Waals surface area contributed by atoms with Gasteiger partial charge in [-0.3, -0.25) is 15.0 Å². The average Bonchev–Trinajstić information content (AvgIpc) is 3.54. The van der Waals surface area contributed by atoms with Gasteiger partial charge >= 0.3 is 0 Å². The molecular formula is C30H30N8O5. The molecule has 220 valence electrons. The summed E-state index contributed by atoms with van der Waals surface area (Å²) >= 11 is 0. The maximum atomic E-state index is 11.2. The van der Waals surface area contributed by atoms with Crippen LogP contribution < -0.4 is 14.8 Å². The molecule has 0 saturated carbocycles. The minimum Gasteiger partial charge on any atom is -0.493 e. The molecule has 6 rings (SSSR count). The van der Waals surface area contributed by atoms with Gasteiger partial charge in [0.1, 0.15) is 17.8 Å². The second kappa shape index (κ2) is 12.8. The van der Waals surface area contributed by atoms with Gasteiger partial charge in [-0.1, -0.05) is 23.4 Å². The number of nitrogens with one attached hydrogen (secondary N) is 1. The van der Waals surface area contributed by atoms with Crippen molar-refractivity contribution in [3.05, 3.63) is 83.3 Å². The molecule has 0 amide bonds. The first kappa shape index (κ1) is 28.0. The lowest BCUT2D eigenvalue weighted by Crippen LogP contribution is -2.37. The summed E-state index contributed by atoms with van der Waals surface area (Å²) < 4.78 is 18.7. The van der Waals surface area contributed by atoms with Crippen molar-refractivity contribution in [1.29, 1.82) is 0 Å². The predicted molar refractivity (Wildman–Crippen MR) is 160 cm³/mol. The number of ether oxygens (including phenoxy) is 3. The zero-order valence-electron chi connectivity index (χ0n) is 23.5. The Labute approximate surface area is 247 Å². The summed E-state index contributed by atoms with van der Waals surface area (Å²) in [6, 6.07) is 17.7. The van der Waals surface area contributed by atoms with Gasteiger partial charge in [-0.2, -0.15) is 0 Å². The fraction of sp³-hybridized carbons (Fsp3) is 0.267. The highest BCUT2D eigenvalue weighted by Gasteiger charge is 2.15.